The summed E-state index contributed by atoms with van der Waals surface area (Å²) >= 11 is 1.55. The van der Waals surface area contributed by atoms with E-state index in [2.05, 4.69) is 10.9 Å². The Morgan fingerprint density at radius 2 is 2.58 bits per heavy atom. The minimum Gasteiger partial charge on any atom is -0.298 e. The maximum absolute atomic E-state index is 11.0. The molecular weight excluding hydrogens is 170 g/mol. The lowest BCUT2D eigenvalue weighted by Crippen LogP contribution is -2.01. The second-order valence-corrected chi connectivity index (χ2v) is 3.52. The van der Waals surface area contributed by atoms with E-state index in [0.717, 1.165) is 10.7 Å². The Labute approximate surface area is 75.6 Å². The molecule has 0 aliphatic carbocycles. The van der Waals surface area contributed by atoms with Crippen LogP contribution in [-0.4, -0.2) is 10.8 Å². The summed E-state index contributed by atoms with van der Waals surface area (Å²) < 4.78 is 0. The third kappa shape index (κ3) is 2.48. The molecule has 12 heavy (non-hydrogen) atoms. The van der Waals surface area contributed by atoms with Gasteiger partial charge in [0, 0.05) is 5.38 Å². The van der Waals surface area contributed by atoms with Gasteiger partial charge < -0.3 is 0 Å². The fourth-order valence-corrected chi connectivity index (χ4v) is 1.48. The first-order valence-corrected chi connectivity index (χ1v) is 4.46. The number of Topliss-reactive ketones (excluding diaryl/α,β-unsaturated/α-hetero) is 1. The Morgan fingerprint density at radius 1 is 1.83 bits per heavy atom. The quantitative estimate of drug-likeness (QED) is 0.659. The number of aryl methyl sites for hydroxylation is 1. The molecule has 0 N–H and O–H groups in total. The van der Waals surface area contributed by atoms with E-state index in [-0.39, 0.29) is 12.2 Å². The third-order valence-electron chi connectivity index (χ3n) is 1.34. The predicted octanol–water partition coefficient (Wildman–Crippen LogP) is 1.59. The van der Waals surface area contributed by atoms with Crippen molar-refractivity contribution in [2.45, 2.75) is 19.8 Å². The zero-order chi connectivity index (χ0) is 8.97. The van der Waals surface area contributed by atoms with Gasteiger partial charge in [-0.1, -0.05) is 5.92 Å². The Kier molecular flexibility index (Phi) is 3.01. The summed E-state index contributed by atoms with van der Waals surface area (Å²) in [6.45, 7) is 1.92. The molecule has 1 heterocycles. The van der Waals surface area contributed by atoms with E-state index in [1.807, 2.05) is 12.3 Å². The molecule has 0 aliphatic heterocycles. The molecule has 0 bridgehead atoms. The van der Waals surface area contributed by atoms with Crippen molar-refractivity contribution >= 4 is 17.1 Å². The van der Waals surface area contributed by atoms with Crippen LogP contribution in [-0.2, 0) is 11.2 Å². The maximum Gasteiger partial charge on any atom is 0.150 e. The number of aromatic nitrogens is 1. The van der Waals surface area contributed by atoms with Gasteiger partial charge in [0.1, 0.15) is 0 Å². The standard InChI is InChI=1S/C9H9NOS/c1-3-4-9(11)5-8-6-12-7(2)10-8/h1,6H,4-5H2,2H3. The molecule has 3 heteroatoms. The third-order valence-corrected chi connectivity index (χ3v) is 2.17. The summed E-state index contributed by atoms with van der Waals surface area (Å²) in [5.74, 6) is 2.38. The molecule has 1 aromatic heterocycles. The Hall–Kier alpha value is -1.14. The number of terminal acetylenes is 1. The van der Waals surface area contributed by atoms with Crippen LogP contribution >= 0.6 is 11.3 Å². The monoisotopic (exact) mass is 179 g/mol. The van der Waals surface area contributed by atoms with Gasteiger partial charge in [-0.25, -0.2) is 4.98 Å². The summed E-state index contributed by atoms with van der Waals surface area (Å²) in [5.41, 5.74) is 0.831. The molecule has 2 nitrogen and oxygen atoms in total. The van der Waals surface area contributed by atoms with E-state index < -0.39 is 0 Å². The Morgan fingerprint density at radius 3 is 3.08 bits per heavy atom. The lowest BCUT2D eigenvalue weighted by atomic mass is 10.2. The van der Waals surface area contributed by atoms with Crippen molar-refractivity contribution in [3.05, 3.63) is 16.1 Å². The van der Waals surface area contributed by atoms with Gasteiger partial charge >= 0.3 is 0 Å². The summed E-state index contributed by atoms with van der Waals surface area (Å²) in [4.78, 5) is 15.2. The molecule has 1 rings (SSSR count). The van der Waals surface area contributed by atoms with Crippen molar-refractivity contribution in [1.29, 1.82) is 0 Å². The van der Waals surface area contributed by atoms with E-state index in [4.69, 9.17) is 6.42 Å². The number of hydrogen-bond donors (Lipinski definition) is 0. The zero-order valence-corrected chi connectivity index (χ0v) is 7.65. The molecular formula is C9H9NOS. The van der Waals surface area contributed by atoms with Crippen molar-refractivity contribution in [1.82, 2.24) is 4.98 Å². The Balaban J connectivity index is 2.53. The first-order chi connectivity index (χ1) is 5.72. The number of rotatable bonds is 3. The molecule has 0 unspecified atom stereocenters. The largest absolute Gasteiger partial charge is 0.298 e. The molecule has 0 saturated carbocycles. The van der Waals surface area contributed by atoms with Crippen LogP contribution in [0.15, 0.2) is 5.38 Å². The summed E-state index contributed by atoms with van der Waals surface area (Å²) in [5, 5.41) is 2.88. The van der Waals surface area contributed by atoms with Crippen LogP contribution in [0.1, 0.15) is 17.1 Å². The highest BCUT2D eigenvalue weighted by Gasteiger charge is 2.04. The van der Waals surface area contributed by atoms with Crippen molar-refractivity contribution in [2.24, 2.45) is 0 Å². The normalized spacial score (nSPS) is 9.33. The lowest BCUT2D eigenvalue weighted by Gasteiger charge is -1.90. The number of hydrogen-bond acceptors (Lipinski definition) is 3. The van der Waals surface area contributed by atoms with Crippen LogP contribution in [0.5, 0.6) is 0 Å². The fraction of sp³-hybridized carbons (Fsp3) is 0.333. The number of carbonyl (C=O) groups excluding carboxylic acids is 1. The van der Waals surface area contributed by atoms with Gasteiger partial charge in [-0.15, -0.1) is 17.8 Å². The molecule has 0 fully saturated rings. The van der Waals surface area contributed by atoms with Gasteiger partial charge in [0.25, 0.3) is 0 Å². The number of carbonyl (C=O) groups is 1. The van der Waals surface area contributed by atoms with Crippen LogP contribution in [0.3, 0.4) is 0 Å². The van der Waals surface area contributed by atoms with Gasteiger partial charge in [-0.2, -0.15) is 0 Å². The zero-order valence-electron chi connectivity index (χ0n) is 6.83. The number of thiazole rings is 1. The summed E-state index contributed by atoms with van der Waals surface area (Å²) in [7, 11) is 0. The maximum atomic E-state index is 11.0. The molecule has 0 aliphatic rings. The van der Waals surface area contributed by atoms with E-state index in [1.165, 1.54) is 0 Å². The highest BCUT2D eigenvalue weighted by molar-refractivity contribution is 7.09. The first-order valence-electron chi connectivity index (χ1n) is 3.58. The highest BCUT2D eigenvalue weighted by atomic mass is 32.1. The topological polar surface area (TPSA) is 30.0 Å². The Bertz CT molecular complexity index is 322. The second kappa shape index (κ2) is 4.03. The molecule has 62 valence electrons. The molecule has 0 radical (unpaired) electrons. The first kappa shape index (κ1) is 8.95. The number of ketones is 1. The van der Waals surface area contributed by atoms with Crippen molar-refractivity contribution < 1.29 is 4.79 Å². The van der Waals surface area contributed by atoms with Crippen LogP contribution in [0.2, 0.25) is 0 Å². The van der Waals surface area contributed by atoms with E-state index in [9.17, 15) is 4.79 Å². The van der Waals surface area contributed by atoms with E-state index in [1.54, 1.807) is 11.3 Å². The molecule has 0 atom stereocenters. The average Bonchev–Trinajstić information content (AvgIpc) is 2.36. The predicted molar refractivity (Wildman–Crippen MR) is 49.0 cm³/mol. The highest BCUT2D eigenvalue weighted by Crippen LogP contribution is 2.08. The lowest BCUT2D eigenvalue weighted by molar-refractivity contribution is -0.117. The SMILES string of the molecule is C#CCC(=O)Cc1csc(C)n1. The van der Waals surface area contributed by atoms with Gasteiger partial charge in [-0.05, 0) is 6.92 Å². The van der Waals surface area contributed by atoms with Gasteiger partial charge in [-0.3, -0.25) is 4.79 Å². The minimum atomic E-state index is 0.0581. The molecule has 1 aromatic rings. The van der Waals surface area contributed by atoms with E-state index >= 15 is 0 Å². The summed E-state index contributed by atoms with van der Waals surface area (Å²) in [6, 6.07) is 0. The van der Waals surface area contributed by atoms with Gasteiger partial charge in [0.05, 0.1) is 23.5 Å². The van der Waals surface area contributed by atoms with Crippen LogP contribution < -0.4 is 0 Å². The van der Waals surface area contributed by atoms with E-state index in [0.29, 0.717) is 6.42 Å². The number of nitrogens with zero attached hydrogens (tertiary/aromatic N) is 1. The van der Waals surface area contributed by atoms with Crippen molar-refractivity contribution in [3.63, 3.8) is 0 Å². The van der Waals surface area contributed by atoms with Crippen LogP contribution in [0.4, 0.5) is 0 Å². The van der Waals surface area contributed by atoms with Crippen LogP contribution in [0, 0.1) is 19.3 Å². The van der Waals surface area contributed by atoms with Crippen molar-refractivity contribution in [2.75, 3.05) is 0 Å². The van der Waals surface area contributed by atoms with Crippen LogP contribution in [0.25, 0.3) is 0 Å². The smallest absolute Gasteiger partial charge is 0.150 e. The average molecular weight is 179 g/mol. The van der Waals surface area contributed by atoms with Gasteiger partial charge in [0.2, 0.25) is 0 Å². The second-order valence-electron chi connectivity index (χ2n) is 2.45. The summed E-state index contributed by atoms with van der Waals surface area (Å²) in [6.07, 6.45) is 5.57. The molecule has 0 aromatic carbocycles. The molecule has 0 saturated heterocycles. The molecule has 0 spiro atoms. The van der Waals surface area contributed by atoms with Crippen molar-refractivity contribution in [3.8, 4) is 12.3 Å². The molecule has 0 amide bonds. The minimum absolute atomic E-state index is 0.0581. The van der Waals surface area contributed by atoms with Gasteiger partial charge in [0.15, 0.2) is 5.78 Å². The fourth-order valence-electron chi connectivity index (χ4n) is 0.868.